The van der Waals surface area contributed by atoms with Gasteiger partial charge in [0, 0.05) is 18.7 Å². The van der Waals surface area contributed by atoms with Gasteiger partial charge >= 0.3 is 0 Å². The molecule has 1 aromatic rings. The lowest BCUT2D eigenvalue weighted by Crippen LogP contribution is -2.36. The normalized spacial score (nSPS) is 16.1. The third kappa shape index (κ3) is 8.27. The fraction of sp³-hybridized carbons (Fsp3) is 0.581. The minimum absolute atomic E-state index is 0.0825. The maximum atomic E-state index is 13.2. The van der Waals surface area contributed by atoms with Crippen LogP contribution in [0.3, 0.4) is 0 Å². The lowest BCUT2D eigenvalue weighted by Gasteiger charge is -2.24. The van der Waals surface area contributed by atoms with Gasteiger partial charge in [0.15, 0.2) is 5.76 Å². The quantitative estimate of drug-likeness (QED) is 0.295. The van der Waals surface area contributed by atoms with Gasteiger partial charge in [0.25, 0.3) is 0 Å². The van der Waals surface area contributed by atoms with Crippen LogP contribution in [-0.2, 0) is 9.53 Å². The first kappa shape index (κ1) is 30.1. The SMILES string of the molecule is CCCN(CCC)CC(O)COC1=CC=C2C(=Cc3cc(OCC(O)CN(CCC)CCC)ccc32)C1=O. The maximum Gasteiger partial charge on any atom is 0.228 e. The molecular formula is C31H46N2O5. The van der Waals surface area contributed by atoms with E-state index < -0.39 is 12.2 Å². The average Bonchev–Trinajstić information content (AvgIpc) is 3.26. The van der Waals surface area contributed by atoms with Gasteiger partial charge in [0.2, 0.25) is 5.78 Å². The lowest BCUT2D eigenvalue weighted by atomic mass is 9.95. The van der Waals surface area contributed by atoms with Crippen molar-refractivity contribution in [3.05, 3.63) is 52.8 Å². The summed E-state index contributed by atoms with van der Waals surface area (Å²) in [4.78, 5) is 17.7. The van der Waals surface area contributed by atoms with Gasteiger partial charge in [0.05, 0.1) is 0 Å². The van der Waals surface area contributed by atoms with E-state index in [1.165, 1.54) is 0 Å². The van der Waals surface area contributed by atoms with Crippen LogP contribution >= 0.6 is 0 Å². The number of ketones is 1. The molecule has 2 aliphatic carbocycles. The van der Waals surface area contributed by atoms with Crippen molar-refractivity contribution in [3.8, 4) is 5.75 Å². The van der Waals surface area contributed by atoms with E-state index in [1.807, 2.05) is 30.4 Å². The summed E-state index contributed by atoms with van der Waals surface area (Å²) < 4.78 is 11.7. The van der Waals surface area contributed by atoms with E-state index in [0.717, 1.165) is 68.6 Å². The number of aliphatic hydroxyl groups is 2. The molecule has 38 heavy (non-hydrogen) atoms. The van der Waals surface area contributed by atoms with Gasteiger partial charge in [0.1, 0.15) is 31.2 Å². The van der Waals surface area contributed by atoms with Crippen LogP contribution < -0.4 is 4.74 Å². The lowest BCUT2D eigenvalue weighted by molar-refractivity contribution is -0.115. The minimum atomic E-state index is -0.659. The number of hydrogen-bond donors (Lipinski definition) is 2. The number of carbonyl (C=O) groups is 1. The first-order valence-corrected chi connectivity index (χ1v) is 14.3. The molecule has 2 unspecified atom stereocenters. The van der Waals surface area contributed by atoms with Crippen molar-refractivity contribution in [1.29, 1.82) is 0 Å². The zero-order valence-corrected chi connectivity index (χ0v) is 23.6. The molecule has 210 valence electrons. The molecule has 3 rings (SSSR count). The van der Waals surface area contributed by atoms with Crippen molar-refractivity contribution >= 4 is 17.4 Å². The van der Waals surface area contributed by atoms with Crippen LogP contribution in [0.15, 0.2) is 41.7 Å². The first-order chi connectivity index (χ1) is 18.4. The number of fused-ring (bicyclic) bond motifs is 3. The summed E-state index contributed by atoms with van der Waals surface area (Å²) in [5, 5.41) is 20.9. The van der Waals surface area contributed by atoms with Crippen LogP contribution in [0, 0.1) is 0 Å². The molecule has 0 saturated carbocycles. The molecule has 0 aromatic heterocycles. The maximum absolute atomic E-state index is 13.2. The van der Waals surface area contributed by atoms with E-state index in [2.05, 4.69) is 37.5 Å². The Morgan fingerprint density at radius 1 is 0.763 bits per heavy atom. The first-order valence-electron chi connectivity index (χ1n) is 14.3. The summed E-state index contributed by atoms with van der Waals surface area (Å²) in [7, 11) is 0. The summed E-state index contributed by atoms with van der Waals surface area (Å²) >= 11 is 0. The van der Waals surface area contributed by atoms with Gasteiger partial charge in [-0.3, -0.25) is 4.79 Å². The van der Waals surface area contributed by atoms with Gasteiger partial charge < -0.3 is 29.5 Å². The number of hydrogen-bond acceptors (Lipinski definition) is 7. The minimum Gasteiger partial charge on any atom is -0.491 e. The van der Waals surface area contributed by atoms with Crippen LogP contribution in [0.5, 0.6) is 5.75 Å². The highest BCUT2D eigenvalue weighted by Gasteiger charge is 2.30. The Bertz CT molecular complexity index is 1000. The Morgan fingerprint density at radius 3 is 1.87 bits per heavy atom. The second-order valence-electron chi connectivity index (χ2n) is 10.3. The van der Waals surface area contributed by atoms with Gasteiger partial charge in [-0.05, 0) is 98.9 Å². The van der Waals surface area contributed by atoms with Crippen molar-refractivity contribution in [2.75, 3.05) is 52.5 Å². The van der Waals surface area contributed by atoms with Crippen molar-refractivity contribution in [1.82, 2.24) is 9.80 Å². The zero-order chi connectivity index (χ0) is 27.5. The van der Waals surface area contributed by atoms with Crippen molar-refractivity contribution in [2.45, 2.75) is 65.6 Å². The van der Waals surface area contributed by atoms with E-state index in [4.69, 9.17) is 9.47 Å². The molecule has 7 heteroatoms. The Morgan fingerprint density at radius 2 is 1.32 bits per heavy atom. The summed E-state index contributed by atoms with van der Waals surface area (Å²) in [5.74, 6) is 0.752. The standard InChI is InChI=1S/C31H46N2O5/c1-5-13-32(14-6-2)19-24(34)21-37-26-9-10-27-23(17-26)18-29-28(27)11-12-30(31(29)36)38-22-25(35)20-33(15-7-3)16-8-4/h9-12,17-18,24-25,34-35H,5-8,13-16,19-22H2,1-4H3. The zero-order valence-electron chi connectivity index (χ0n) is 23.6. The molecular weight excluding hydrogens is 480 g/mol. The Labute approximate surface area is 228 Å². The number of nitrogens with zero attached hydrogens (tertiary/aromatic N) is 2. The van der Waals surface area contributed by atoms with Crippen molar-refractivity contribution in [2.24, 2.45) is 0 Å². The molecule has 0 spiro atoms. The Kier molecular flexibility index (Phi) is 12.1. The molecule has 0 aliphatic heterocycles. The van der Waals surface area contributed by atoms with Crippen LogP contribution in [0.25, 0.3) is 11.6 Å². The van der Waals surface area contributed by atoms with E-state index in [1.54, 1.807) is 6.08 Å². The number of rotatable bonds is 18. The van der Waals surface area contributed by atoms with Crippen molar-refractivity contribution < 1.29 is 24.5 Å². The number of benzene rings is 1. The molecule has 0 saturated heterocycles. The molecule has 1 aromatic carbocycles. The van der Waals surface area contributed by atoms with Gasteiger partial charge in [-0.25, -0.2) is 0 Å². The molecule has 2 N–H and O–H groups in total. The summed E-state index contributed by atoms with van der Waals surface area (Å²) in [6, 6.07) is 5.76. The Hall–Kier alpha value is -2.45. The monoisotopic (exact) mass is 526 g/mol. The highest BCUT2D eigenvalue weighted by atomic mass is 16.5. The van der Waals surface area contributed by atoms with E-state index in [-0.39, 0.29) is 24.8 Å². The number of carbonyl (C=O) groups excluding carboxylic acids is 1. The largest absolute Gasteiger partial charge is 0.491 e. The number of ether oxygens (including phenoxy) is 2. The molecule has 2 aliphatic rings. The number of allylic oxidation sites excluding steroid dienone is 4. The molecule has 0 fully saturated rings. The molecule has 0 bridgehead atoms. The molecule has 2 atom stereocenters. The number of aliphatic hydroxyl groups excluding tert-OH is 2. The second-order valence-corrected chi connectivity index (χ2v) is 10.3. The van der Waals surface area contributed by atoms with E-state index >= 15 is 0 Å². The van der Waals surface area contributed by atoms with Gasteiger partial charge in [-0.2, -0.15) is 0 Å². The van der Waals surface area contributed by atoms with Gasteiger partial charge in [-0.1, -0.05) is 33.8 Å². The third-order valence-electron chi connectivity index (χ3n) is 6.74. The highest BCUT2D eigenvalue weighted by molar-refractivity contribution is 6.25. The Balaban J connectivity index is 1.57. The van der Waals surface area contributed by atoms with Crippen LogP contribution in [0.2, 0.25) is 0 Å². The molecule has 0 heterocycles. The van der Waals surface area contributed by atoms with Crippen LogP contribution in [0.1, 0.15) is 64.5 Å². The molecule has 0 radical (unpaired) electrons. The average molecular weight is 527 g/mol. The van der Waals surface area contributed by atoms with E-state index in [9.17, 15) is 15.0 Å². The molecule has 0 amide bonds. The number of Topliss-reactive ketones (excluding diaryl/α,β-unsaturated/α-hetero) is 1. The second kappa shape index (κ2) is 15.2. The van der Waals surface area contributed by atoms with Crippen LogP contribution in [0.4, 0.5) is 0 Å². The topological polar surface area (TPSA) is 82.5 Å². The third-order valence-corrected chi connectivity index (χ3v) is 6.74. The van der Waals surface area contributed by atoms with E-state index in [0.29, 0.717) is 24.4 Å². The highest BCUT2D eigenvalue weighted by Crippen LogP contribution is 2.40. The fourth-order valence-electron chi connectivity index (χ4n) is 5.16. The summed E-state index contributed by atoms with van der Waals surface area (Å²) in [6.45, 7) is 13.8. The fourth-order valence-corrected chi connectivity index (χ4v) is 5.16. The summed E-state index contributed by atoms with van der Waals surface area (Å²) in [6.07, 6.45) is 8.42. The van der Waals surface area contributed by atoms with Crippen LogP contribution in [-0.4, -0.2) is 90.5 Å². The van der Waals surface area contributed by atoms with Gasteiger partial charge in [-0.15, -0.1) is 0 Å². The predicted octanol–water partition coefficient (Wildman–Crippen LogP) is 4.29. The summed E-state index contributed by atoms with van der Waals surface area (Å²) in [5.41, 5.74) is 3.35. The van der Waals surface area contributed by atoms with Crippen molar-refractivity contribution in [3.63, 3.8) is 0 Å². The predicted molar refractivity (Wildman–Crippen MR) is 153 cm³/mol. The molecule has 7 nitrogen and oxygen atoms in total. The smallest absolute Gasteiger partial charge is 0.228 e.